The number of aryl methyl sites for hydroxylation is 1. The second-order valence-corrected chi connectivity index (χ2v) is 5.20. The molecule has 0 radical (unpaired) electrons. The maximum Gasteiger partial charge on any atom is 0.433 e. The maximum absolute atomic E-state index is 12.7. The van der Waals surface area contributed by atoms with E-state index in [9.17, 15) is 18.0 Å². The maximum atomic E-state index is 12.7. The van der Waals surface area contributed by atoms with Gasteiger partial charge in [-0.15, -0.1) is 0 Å². The van der Waals surface area contributed by atoms with Crippen LogP contribution in [0.1, 0.15) is 27.6 Å². The molecule has 0 aliphatic rings. The van der Waals surface area contributed by atoms with Crippen LogP contribution in [0.4, 0.5) is 13.2 Å². The van der Waals surface area contributed by atoms with Crippen molar-refractivity contribution >= 4 is 17.5 Å². The molecule has 4 nitrogen and oxygen atoms in total. The van der Waals surface area contributed by atoms with Crippen LogP contribution < -0.4 is 5.32 Å². The van der Waals surface area contributed by atoms with Gasteiger partial charge in [0, 0.05) is 18.7 Å². The van der Waals surface area contributed by atoms with E-state index in [4.69, 9.17) is 11.6 Å². The van der Waals surface area contributed by atoms with Crippen LogP contribution in [0.3, 0.4) is 0 Å². The first-order valence-electron chi connectivity index (χ1n) is 6.72. The lowest BCUT2D eigenvalue weighted by Crippen LogP contribution is -2.26. The SMILES string of the molecule is Cc1cc(C(F)(F)F)nc(CCNC(=O)c2ccccc2Cl)n1. The van der Waals surface area contributed by atoms with Crippen LogP contribution in [0.15, 0.2) is 30.3 Å². The molecule has 0 aliphatic heterocycles. The minimum absolute atomic E-state index is 0.0248. The molecule has 0 saturated heterocycles. The number of amides is 1. The van der Waals surface area contributed by atoms with Crippen molar-refractivity contribution in [1.29, 1.82) is 0 Å². The van der Waals surface area contributed by atoms with E-state index in [1.54, 1.807) is 24.3 Å². The highest BCUT2D eigenvalue weighted by atomic mass is 35.5. The van der Waals surface area contributed by atoms with Crippen LogP contribution in [0.5, 0.6) is 0 Å². The Balaban J connectivity index is 2.01. The molecule has 2 rings (SSSR count). The van der Waals surface area contributed by atoms with E-state index < -0.39 is 17.8 Å². The third-order valence-corrected chi connectivity index (χ3v) is 3.27. The summed E-state index contributed by atoms with van der Waals surface area (Å²) < 4.78 is 38.1. The smallest absolute Gasteiger partial charge is 0.352 e. The predicted octanol–water partition coefficient (Wildman–Crippen LogP) is 3.43. The molecule has 23 heavy (non-hydrogen) atoms. The molecule has 1 heterocycles. The molecule has 1 amide bonds. The molecule has 1 aromatic carbocycles. The molecule has 0 atom stereocenters. The Morgan fingerprint density at radius 1 is 1.26 bits per heavy atom. The zero-order valence-corrected chi connectivity index (χ0v) is 12.9. The molecular formula is C15H13ClF3N3O. The molecule has 0 spiro atoms. The molecule has 122 valence electrons. The summed E-state index contributed by atoms with van der Waals surface area (Å²) in [5.41, 5.74) is -0.465. The summed E-state index contributed by atoms with van der Waals surface area (Å²) >= 11 is 5.90. The number of aromatic nitrogens is 2. The van der Waals surface area contributed by atoms with E-state index in [1.165, 1.54) is 6.92 Å². The lowest BCUT2D eigenvalue weighted by atomic mass is 10.2. The molecule has 1 aromatic heterocycles. The molecule has 0 saturated carbocycles. The summed E-state index contributed by atoms with van der Waals surface area (Å²) in [6, 6.07) is 7.38. The molecule has 1 N–H and O–H groups in total. The van der Waals surface area contributed by atoms with Gasteiger partial charge in [0.15, 0.2) is 0 Å². The quantitative estimate of drug-likeness (QED) is 0.925. The molecule has 2 aromatic rings. The summed E-state index contributed by atoms with van der Waals surface area (Å²) in [6.07, 6.45) is -4.44. The monoisotopic (exact) mass is 343 g/mol. The van der Waals surface area contributed by atoms with Crippen LogP contribution in [0, 0.1) is 6.92 Å². The number of rotatable bonds is 4. The first kappa shape index (κ1) is 17.2. The predicted molar refractivity (Wildman–Crippen MR) is 79.3 cm³/mol. The summed E-state index contributed by atoms with van der Waals surface area (Å²) in [5.74, 6) is -0.379. The number of hydrogen-bond donors (Lipinski definition) is 1. The van der Waals surface area contributed by atoms with E-state index in [2.05, 4.69) is 15.3 Å². The summed E-state index contributed by atoms with van der Waals surface area (Å²) in [7, 11) is 0. The number of nitrogens with zero attached hydrogens (tertiary/aromatic N) is 2. The van der Waals surface area contributed by atoms with Crippen LogP contribution in [0.2, 0.25) is 5.02 Å². The highest BCUT2D eigenvalue weighted by Crippen LogP contribution is 2.27. The third-order valence-electron chi connectivity index (χ3n) is 2.94. The highest BCUT2D eigenvalue weighted by molar-refractivity contribution is 6.33. The molecule has 0 fully saturated rings. The first-order chi connectivity index (χ1) is 10.8. The van der Waals surface area contributed by atoms with E-state index in [-0.39, 0.29) is 24.5 Å². The van der Waals surface area contributed by atoms with Gasteiger partial charge in [-0.3, -0.25) is 4.79 Å². The van der Waals surface area contributed by atoms with Gasteiger partial charge < -0.3 is 5.32 Å². The summed E-state index contributed by atoms with van der Waals surface area (Å²) in [6.45, 7) is 1.56. The Morgan fingerprint density at radius 3 is 2.61 bits per heavy atom. The minimum atomic E-state index is -4.52. The van der Waals surface area contributed by atoms with Crippen LogP contribution in [0.25, 0.3) is 0 Å². The molecule has 8 heteroatoms. The number of alkyl halides is 3. The van der Waals surface area contributed by atoms with Gasteiger partial charge in [0.2, 0.25) is 0 Å². The molecule has 0 aliphatic carbocycles. The second-order valence-electron chi connectivity index (χ2n) is 4.79. The zero-order chi connectivity index (χ0) is 17.0. The van der Waals surface area contributed by atoms with Gasteiger partial charge in [0.25, 0.3) is 5.91 Å². The van der Waals surface area contributed by atoms with Crippen molar-refractivity contribution in [2.75, 3.05) is 6.54 Å². The van der Waals surface area contributed by atoms with Crippen molar-refractivity contribution in [3.63, 3.8) is 0 Å². The first-order valence-corrected chi connectivity index (χ1v) is 7.09. The van der Waals surface area contributed by atoms with Gasteiger partial charge in [0.05, 0.1) is 10.6 Å². The number of nitrogens with one attached hydrogen (secondary N) is 1. The summed E-state index contributed by atoms with van der Waals surface area (Å²) in [4.78, 5) is 19.4. The number of carbonyl (C=O) groups is 1. The topological polar surface area (TPSA) is 54.9 Å². The Hall–Kier alpha value is -2.15. The largest absolute Gasteiger partial charge is 0.433 e. The molecule has 0 unspecified atom stereocenters. The normalized spacial score (nSPS) is 11.3. The average molecular weight is 344 g/mol. The standard InChI is InChI=1S/C15H13ClF3N3O/c1-9-8-12(15(17,18)19)22-13(21-9)6-7-20-14(23)10-4-2-3-5-11(10)16/h2-5,8H,6-7H2,1H3,(H,20,23). The Kier molecular flexibility index (Phi) is 5.20. The second kappa shape index (κ2) is 6.95. The number of benzene rings is 1. The highest BCUT2D eigenvalue weighted by Gasteiger charge is 2.33. The number of carbonyl (C=O) groups excluding carboxylic acids is 1. The van der Waals surface area contributed by atoms with Crippen molar-refractivity contribution in [2.45, 2.75) is 19.5 Å². The van der Waals surface area contributed by atoms with Gasteiger partial charge in [-0.05, 0) is 25.1 Å². The molecular weight excluding hydrogens is 331 g/mol. The van der Waals surface area contributed by atoms with Crippen LogP contribution in [-0.2, 0) is 12.6 Å². The third kappa shape index (κ3) is 4.66. The van der Waals surface area contributed by atoms with Gasteiger partial charge in [0.1, 0.15) is 11.5 Å². The van der Waals surface area contributed by atoms with Crippen LogP contribution >= 0.6 is 11.6 Å². The average Bonchev–Trinajstić information content (AvgIpc) is 2.46. The van der Waals surface area contributed by atoms with E-state index in [0.717, 1.165) is 6.07 Å². The van der Waals surface area contributed by atoms with Crippen molar-refractivity contribution in [1.82, 2.24) is 15.3 Å². The summed E-state index contributed by atoms with van der Waals surface area (Å²) in [5, 5.41) is 2.88. The van der Waals surface area contributed by atoms with Gasteiger partial charge >= 0.3 is 6.18 Å². The van der Waals surface area contributed by atoms with E-state index in [0.29, 0.717) is 10.6 Å². The van der Waals surface area contributed by atoms with Crippen molar-refractivity contribution in [3.05, 3.63) is 58.1 Å². The fraction of sp³-hybridized carbons (Fsp3) is 0.267. The van der Waals surface area contributed by atoms with Gasteiger partial charge in [-0.25, -0.2) is 9.97 Å². The number of halogens is 4. The van der Waals surface area contributed by atoms with Crippen molar-refractivity contribution in [2.24, 2.45) is 0 Å². The number of hydrogen-bond acceptors (Lipinski definition) is 3. The van der Waals surface area contributed by atoms with Gasteiger partial charge in [-0.2, -0.15) is 13.2 Å². The van der Waals surface area contributed by atoms with Crippen molar-refractivity contribution < 1.29 is 18.0 Å². The van der Waals surface area contributed by atoms with Crippen LogP contribution in [-0.4, -0.2) is 22.4 Å². The zero-order valence-electron chi connectivity index (χ0n) is 12.1. The van der Waals surface area contributed by atoms with Crippen molar-refractivity contribution in [3.8, 4) is 0 Å². The Bertz CT molecular complexity index is 719. The minimum Gasteiger partial charge on any atom is -0.352 e. The lowest BCUT2D eigenvalue weighted by molar-refractivity contribution is -0.141. The molecule has 0 bridgehead atoms. The lowest BCUT2D eigenvalue weighted by Gasteiger charge is -2.09. The van der Waals surface area contributed by atoms with E-state index in [1.807, 2.05) is 0 Å². The Morgan fingerprint density at radius 2 is 1.96 bits per heavy atom. The van der Waals surface area contributed by atoms with E-state index >= 15 is 0 Å². The fourth-order valence-electron chi connectivity index (χ4n) is 1.92. The fourth-order valence-corrected chi connectivity index (χ4v) is 2.14. The Labute approximate surface area is 135 Å². The van der Waals surface area contributed by atoms with Gasteiger partial charge in [-0.1, -0.05) is 23.7 Å².